The maximum Gasteiger partial charge on any atom is 0.220 e. The highest BCUT2D eigenvalue weighted by atomic mass is 32.1. The van der Waals surface area contributed by atoms with Crippen LogP contribution < -0.4 is 10.6 Å². The van der Waals surface area contributed by atoms with Gasteiger partial charge in [0.2, 0.25) is 5.91 Å². The number of hydrogen-bond donors (Lipinski definition) is 4. The Hall–Kier alpha value is -0.730. The van der Waals surface area contributed by atoms with Crippen molar-refractivity contribution >= 4 is 31.2 Å². The Bertz CT molecular complexity index is 553. The van der Waals surface area contributed by atoms with Crippen LogP contribution in [0.25, 0.3) is 0 Å². The molecule has 2 N–H and O–H groups in total. The molecule has 164 valence electrons. The predicted molar refractivity (Wildman–Crippen MR) is 129 cm³/mol. The zero-order valence-corrected chi connectivity index (χ0v) is 19.3. The maximum absolute atomic E-state index is 12.3. The van der Waals surface area contributed by atoms with Gasteiger partial charge in [-0.05, 0) is 31.4 Å². The lowest BCUT2D eigenvalue weighted by Crippen LogP contribution is -2.44. The van der Waals surface area contributed by atoms with E-state index in [2.05, 4.69) is 76.0 Å². The highest BCUT2D eigenvalue weighted by molar-refractivity contribution is 7.80. The number of rotatable bonds is 14. The van der Waals surface area contributed by atoms with Gasteiger partial charge in [0.15, 0.2) is 0 Å². The van der Waals surface area contributed by atoms with Crippen molar-refractivity contribution in [1.29, 1.82) is 0 Å². The second-order valence-corrected chi connectivity index (χ2v) is 8.64. The Morgan fingerprint density at radius 2 is 1.79 bits per heavy atom. The SMILES string of the molecule is O=C(CCCN(CCS)CCNCCS)NC1CCN(Cc2ccccc2)CC1. The van der Waals surface area contributed by atoms with Crippen LogP contribution in [0.3, 0.4) is 0 Å². The molecule has 2 rings (SSSR count). The average Bonchev–Trinajstić information content (AvgIpc) is 2.73. The van der Waals surface area contributed by atoms with Crippen LogP contribution in [0.2, 0.25) is 0 Å². The molecule has 7 heteroatoms. The number of nitrogens with one attached hydrogen (secondary N) is 2. The molecule has 1 heterocycles. The summed E-state index contributed by atoms with van der Waals surface area (Å²) in [7, 11) is 0. The van der Waals surface area contributed by atoms with Crippen molar-refractivity contribution in [2.45, 2.75) is 38.3 Å². The van der Waals surface area contributed by atoms with Crippen LogP contribution >= 0.6 is 25.3 Å². The van der Waals surface area contributed by atoms with Gasteiger partial charge in [0, 0.05) is 69.8 Å². The number of piperidine rings is 1. The highest BCUT2D eigenvalue weighted by Gasteiger charge is 2.20. The molecule has 0 unspecified atom stereocenters. The Kier molecular flexibility index (Phi) is 12.8. The fourth-order valence-corrected chi connectivity index (χ4v) is 4.20. The van der Waals surface area contributed by atoms with Gasteiger partial charge in [-0.3, -0.25) is 9.69 Å². The second kappa shape index (κ2) is 15.1. The molecule has 0 saturated carbocycles. The largest absolute Gasteiger partial charge is 0.353 e. The molecule has 1 saturated heterocycles. The van der Waals surface area contributed by atoms with E-state index in [4.69, 9.17) is 0 Å². The Labute approximate surface area is 187 Å². The lowest BCUT2D eigenvalue weighted by Gasteiger charge is -2.32. The number of nitrogens with zero attached hydrogens (tertiary/aromatic N) is 2. The minimum atomic E-state index is 0.200. The Balaban J connectivity index is 1.58. The number of amides is 1. The van der Waals surface area contributed by atoms with Gasteiger partial charge in [-0.25, -0.2) is 0 Å². The van der Waals surface area contributed by atoms with Crippen molar-refractivity contribution in [1.82, 2.24) is 20.4 Å². The summed E-state index contributed by atoms with van der Waals surface area (Å²) in [4.78, 5) is 17.2. The first kappa shape index (κ1) is 24.5. The molecule has 5 nitrogen and oxygen atoms in total. The van der Waals surface area contributed by atoms with Crippen LogP contribution in [0.4, 0.5) is 0 Å². The number of hydrogen-bond acceptors (Lipinski definition) is 6. The van der Waals surface area contributed by atoms with E-state index in [9.17, 15) is 4.79 Å². The second-order valence-electron chi connectivity index (χ2n) is 7.75. The third kappa shape index (κ3) is 10.7. The van der Waals surface area contributed by atoms with E-state index in [1.54, 1.807) is 0 Å². The predicted octanol–water partition coefficient (Wildman–Crippen LogP) is 2.30. The van der Waals surface area contributed by atoms with Crippen LogP contribution in [0.15, 0.2) is 30.3 Å². The number of carbonyl (C=O) groups is 1. The van der Waals surface area contributed by atoms with Gasteiger partial charge in [0.25, 0.3) is 0 Å². The van der Waals surface area contributed by atoms with Crippen molar-refractivity contribution < 1.29 is 4.79 Å². The molecule has 1 fully saturated rings. The smallest absolute Gasteiger partial charge is 0.220 e. The fourth-order valence-electron chi connectivity index (χ4n) is 3.76. The summed E-state index contributed by atoms with van der Waals surface area (Å²) in [6.45, 7) is 7.91. The average molecular weight is 439 g/mol. The molecule has 1 aromatic carbocycles. The normalized spacial score (nSPS) is 15.7. The number of likely N-dealkylation sites (tertiary alicyclic amines) is 1. The summed E-state index contributed by atoms with van der Waals surface area (Å²) in [5.74, 6) is 1.91. The molecule has 1 amide bonds. The first-order valence-corrected chi connectivity index (χ1v) is 12.2. The molecule has 1 aliphatic heterocycles. The monoisotopic (exact) mass is 438 g/mol. The molecule has 0 radical (unpaired) electrons. The van der Waals surface area contributed by atoms with Crippen LogP contribution in [0, 0.1) is 0 Å². The first-order chi connectivity index (χ1) is 14.2. The Morgan fingerprint density at radius 1 is 1.03 bits per heavy atom. The van der Waals surface area contributed by atoms with E-state index in [1.165, 1.54) is 5.56 Å². The van der Waals surface area contributed by atoms with Crippen LogP contribution in [0.5, 0.6) is 0 Å². The van der Waals surface area contributed by atoms with Gasteiger partial charge in [0.05, 0.1) is 0 Å². The summed E-state index contributed by atoms with van der Waals surface area (Å²) in [6.07, 6.45) is 3.60. The lowest BCUT2D eigenvalue weighted by atomic mass is 10.0. The van der Waals surface area contributed by atoms with Gasteiger partial charge >= 0.3 is 0 Å². The zero-order valence-electron chi connectivity index (χ0n) is 17.6. The van der Waals surface area contributed by atoms with Crippen molar-refractivity contribution in [3.05, 3.63) is 35.9 Å². The van der Waals surface area contributed by atoms with E-state index in [0.29, 0.717) is 12.5 Å². The molecule has 0 atom stereocenters. The van der Waals surface area contributed by atoms with Crippen molar-refractivity contribution in [2.75, 3.05) is 57.3 Å². The number of benzene rings is 1. The molecule has 0 aliphatic carbocycles. The van der Waals surface area contributed by atoms with Crippen molar-refractivity contribution in [3.8, 4) is 0 Å². The minimum Gasteiger partial charge on any atom is -0.353 e. The first-order valence-electron chi connectivity index (χ1n) is 10.9. The quantitative estimate of drug-likeness (QED) is 0.266. The van der Waals surface area contributed by atoms with E-state index < -0.39 is 0 Å². The lowest BCUT2D eigenvalue weighted by molar-refractivity contribution is -0.122. The van der Waals surface area contributed by atoms with E-state index in [-0.39, 0.29) is 5.91 Å². The Morgan fingerprint density at radius 3 is 2.48 bits per heavy atom. The summed E-state index contributed by atoms with van der Waals surface area (Å²) >= 11 is 8.57. The van der Waals surface area contributed by atoms with Gasteiger partial charge in [-0.15, -0.1) is 0 Å². The molecule has 0 bridgehead atoms. The van der Waals surface area contributed by atoms with Gasteiger partial charge in [-0.2, -0.15) is 25.3 Å². The van der Waals surface area contributed by atoms with E-state index in [0.717, 1.165) is 83.1 Å². The van der Waals surface area contributed by atoms with Crippen LogP contribution in [0.1, 0.15) is 31.2 Å². The molecular formula is C22H38N4OS2. The maximum atomic E-state index is 12.3. The third-order valence-electron chi connectivity index (χ3n) is 5.39. The molecule has 1 aromatic rings. The summed E-state index contributed by atoms with van der Waals surface area (Å²) in [5.41, 5.74) is 1.36. The zero-order chi connectivity index (χ0) is 20.7. The van der Waals surface area contributed by atoms with Crippen molar-refractivity contribution in [2.24, 2.45) is 0 Å². The summed E-state index contributed by atoms with van der Waals surface area (Å²) in [5, 5.41) is 6.62. The molecule has 1 aliphatic rings. The van der Waals surface area contributed by atoms with Crippen LogP contribution in [-0.2, 0) is 11.3 Å². The van der Waals surface area contributed by atoms with E-state index in [1.807, 2.05) is 0 Å². The van der Waals surface area contributed by atoms with Crippen molar-refractivity contribution in [3.63, 3.8) is 0 Å². The van der Waals surface area contributed by atoms with E-state index >= 15 is 0 Å². The summed E-state index contributed by atoms with van der Waals surface area (Å²) < 4.78 is 0. The molecule has 0 aromatic heterocycles. The highest BCUT2D eigenvalue weighted by Crippen LogP contribution is 2.14. The molecule has 0 spiro atoms. The van der Waals surface area contributed by atoms with Gasteiger partial charge < -0.3 is 15.5 Å². The summed E-state index contributed by atoms with van der Waals surface area (Å²) in [6, 6.07) is 10.9. The minimum absolute atomic E-state index is 0.200. The van der Waals surface area contributed by atoms with Gasteiger partial charge in [0.1, 0.15) is 0 Å². The fraction of sp³-hybridized carbons (Fsp3) is 0.682. The topological polar surface area (TPSA) is 47.6 Å². The molecule has 29 heavy (non-hydrogen) atoms. The van der Waals surface area contributed by atoms with Crippen LogP contribution in [-0.4, -0.2) is 79.1 Å². The number of thiol groups is 2. The van der Waals surface area contributed by atoms with Gasteiger partial charge in [-0.1, -0.05) is 30.3 Å². The standard InChI is InChI=1S/C22H38N4OS2/c27-22(7-4-12-25(16-18-29)15-10-23-11-17-28)24-21-8-13-26(14-9-21)19-20-5-2-1-3-6-20/h1-3,5-6,21,23,28-29H,4,7-19H2,(H,24,27). The number of carbonyl (C=O) groups excluding carboxylic acids is 1. The molecular weight excluding hydrogens is 400 g/mol. The third-order valence-corrected chi connectivity index (χ3v) is 5.81.